The first-order valence-corrected chi connectivity index (χ1v) is 22.1. The predicted octanol–water partition coefficient (Wildman–Crippen LogP) is 13.3. The molecule has 5 heteroatoms. The van der Waals surface area contributed by atoms with Gasteiger partial charge in [0.2, 0.25) is 0 Å². The lowest BCUT2D eigenvalue weighted by molar-refractivity contribution is 0.590. The van der Waals surface area contributed by atoms with E-state index in [4.69, 9.17) is 0 Å². The van der Waals surface area contributed by atoms with Gasteiger partial charge in [0, 0.05) is 44.3 Å². The maximum absolute atomic E-state index is 2.57. The topological polar surface area (TPSA) is 16.3 Å². The minimum Gasteiger partial charge on any atom is -0.309 e. The van der Waals surface area contributed by atoms with E-state index in [1.807, 2.05) is 0 Å². The van der Waals surface area contributed by atoms with Crippen LogP contribution in [0.15, 0.2) is 206 Å². The second kappa shape index (κ2) is 13.4. The minimum absolute atomic E-state index is 0.0183. The molecule has 0 bridgehead atoms. The molecule has 0 radical (unpaired) electrons. The van der Waals surface area contributed by atoms with Crippen LogP contribution < -0.4 is 26.2 Å². The Hall–Kier alpha value is -7.76. The van der Waals surface area contributed by atoms with Crippen molar-refractivity contribution in [3.8, 4) is 11.4 Å². The van der Waals surface area contributed by atoms with Gasteiger partial charge < -0.3 is 18.9 Å². The molecular formula is C58H43BN4. The van der Waals surface area contributed by atoms with E-state index in [0.29, 0.717) is 0 Å². The third-order valence-electron chi connectivity index (χ3n) is 13.6. The summed E-state index contributed by atoms with van der Waals surface area (Å²) >= 11 is 0. The maximum atomic E-state index is 2.57. The summed E-state index contributed by atoms with van der Waals surface area (Å²) in [7, 11) is 0. The first-order valence-electron chi connectivity index (χ1n) is 22.1. The summed E-state index contributed by atoms with van der Waals surface area (Å²) in [5, 5.41) is 5.01. The van der Waals surface area contributed by atoms with Gasteiger partial charge in [-0.25, -0.2) is 0 Å². The van der Waals surface area contributed by atoms with Gasteiger partial charge in [-0.1, -0.05) is 154 Å². The molecule has 0 spiro atoms. The highest BCUT2D eigenvalue weighted by atomic mass is 15.2. The van der Waals surface area contributed by atoms with Crippen molar-refractivity contribution >= 4 is 101 Å². The zero-order chi connectivity index (χ0) is 42.0. The molecule has 2 aliphatic rings. The predicted molar refractivity (Wildman–Crippen MR) is 268 cm³/mol. The Morgan fingerprint density at radius 3 is 0.984 bits per heavy atom. The molecule has 0 atom stereocenters. The lowest BCUT2D eigenvalue weighted by atomic mass is 9.33. The fraction of sp³-hybridized carbons (Fsp3) is 0.0690. The van der Waals surface area contributed by atoms with Crippen LogP contribution in [0.2, 0.25) is 0 Å². The van der Waals surface area contributed by atoms with E-state index in [0.717, 1.165) is 22.7 Å². The van der Waals surface area contributed by atoms with E-state index in [-0.39, 0.29) is 12.1 Å². The van der Waals surface area contributed by atoms with Gasteiger partial charge in [-0.05, 0) is 100 Å². The van der Waals surface area contributed by atoms with Crippen LogP contribution in [-0.4, -0.2) is 15.8 Å². The Labute approximate surface area is 367 Å². The molecule has 0 unspecified atom stereocenters. The molecular weight excluding hydrogens is 763 g/mol. The van der Waals surface area contributed by atoms with Crippen LogP contribution in [0.5, 0.6) is 0 Å². The van der Waals surface area contributed by atoms with Crippen molar-refractivity contribution < 1.29 is 0 Å². The molecule has 0 N–H and O–H groups in total. The average Bonchev–Trinajstić information content (AvgIpc) is 3.84. The monoisotopic (exact) mass is 806 g/mol. The largest absolute Gasteiger partial charge is 0.309 e. The molecule has 2 aliphatic heterocycles. The van der Waals surface area contributed by atoms with Crippen LogP contribution in [0, 0.1) is 0 Å². The van der Waals surface area contributed by atoms with Crippen molar-refractivity contribution in [2.24, 2.45) is 0 Å². The van der Waals surface area contributed by atoms with Crippen molar-refractivity contribution in [3.05, 3.63) is 212 Å². The molecule has 9 aromatic carbocycles. The Bertz CT molecular complexity index is 3320. The van der Waals surface area contributed by atoms with Crippen LogP contribution in [0.25, 0.3) is 55.0 Å². The molecule has 0 saturated carbocycles. The Morgan fingerprint density at radius 2 is 0.619 bits per heavy atom. The third kappa shape index (κ3) is 5.11. The number of fused-ring (bicyclic) bond motifs is 10. The number of benzene rings is 9. The lowest BCUT2D eigenvalue weighted by Gasteiger charge is -2.45. The summed E-state index contributed by atoms with van der Waals surface area (Å²) in [6.45, 7) is 7.06. The average molecular weight is 807 g/mol. The quantitative estimate of drug-likeness (QED) is 0.165. The van der Waals surface area contributed by atoms with Gasteiger partial charge in [-0.3, -0.25) is 0 Å². The number of para-hydroxylation sites is 10. The SMILES string of the molecule is CC(C)(C)c1cc2c3c(c1)N(c1ccccc1-n1c4ccccc4c4ccccc41)c1ccccc1B3c1ccccc1N2c1ccccc1-n1c2ccccc2c2ccccc21. The molecule has 11 aromatic rings. The zero-order valence-electron chi connectivity index (χ0n) is 35.5. The molecule has 0 aliphatic carbocycles. The molecule has 13 rings (SSSR count). The zero-order valence-corrected chi connectivity index (χ0v) is 35.5. The summed E-state index contributed by atoms with van der Waals surface area (Å²) < 4.78 is 4.94. The normalized spacial score (nSPS) is 13.2. The van der Waals surface area contributed by atoms with Gasteiger partial charge in [0.25, 0.3) is 6.71 Å². The fourth-order valence-corrected chi connectivity index (χ4v) is 10.9. The Morgan fingerprint density at radius 1 is 0.317 bits per heavy atom. The van der Waals surface area contributed by atoms with Crippen LogP contribution in [0.1, 0.15) is 26.3 Å². The second-order valence-electron chi connectivity index (χ2n) is 18.1. The molecule has 298 valence electrons. The molecule has 4 nitrogen and oxygen atoms in total. The highest BCUT2D eigenvalue weighted by Crippen LogP contribution is 2.49. The van der Waals surface area contributed by atoms with Crippen LogP contribution in [-0.2, 0) is 5.41 Å². The van der Waals surface area contributed by atoms with E-state index >= 15 is 0 Å². The van der Waals surface area contributed by atoms with Crippen LogP contribution in [0.4, 0.5) is 34.1 Å². The van der Waals surface area contributed by atoms with E-state index in [2.05, 4.69) is 246 Å². The summed E-state index contributed by atoms with van der Waals surface area (Å²) in [5.41, 5.74) is 19.2. The summed E-state index contributed by atoms with van der Waals surface area (Å²) in [6, 6.07) is 76.5. The van der Waals surface area contributed by atoms with Crippen molar-refractivity contribution in [1.29, 1.82) is 0 Å². The molecule has 0 saturated heterocycles. The van der Waals surface area contributed by atoms with Crippen molar-refractivity contribution in [3.63, 3.8) is 0 Å². The summed E-state index contributed by atoms with van der Waals surface area (Å²) in [4.78, 5) is 5.15. The van der Waals surface area contributed by atoms with Crippen molar-refractivity contribution in [1.82, 2.24) is 9.13 Å². The number of hydrogen-bond acceptors (Lipinski definition) is 2. The molecule has 2 aromatic heterocycles. The van der Waals surface area contributed by atoms with Gasteiger partial charge in [-0.15, -0.1) is 0 Å². The first kappa shape index (κ1) is 35.9. The standard InChI is InChI=1S/C58H43BN4/c1-58(2,3)38-36-55-57-56(37-38)63(54-35-19-17-33-52(54)61-47-28-12-6-22-41(47)42-23-7-13-29-48(42)61)50-31-15-9-25-44(50)59(57)43-24-8-14-30-49(43)62(55)53-34-18-16-32-51(53)60-45-26-10-4-20-39(45)40-21-5-11-27-46(40)60/h4-37H,1-3H3. The molecule has 63 heavy (non-hydrogen) atoms. The van der Waals surface area contributed by atoms with E-state index < -0.39 is 0 Å². The van der Waals surface area contributed by atoms with E-state index in [1.54, 1.807) is 0 Å². The molecule has 0 fully saturated rings. The van der Waals surface area contributed by atoms with Gasteiger partial charge in [0.15, 0.2) is 0 Å². The molecule has 0 amide bonds. The Kier molecular flexibility index (Phi) is 7.63. The number of nitrogens with zero attached hydrogens (tertiary/aromatic N) is 4. The number of hydrogen-bond donors (Lipinski definition) is 0. The first-order chi connectivity index (χ1) is 31.0. The summed E-state index contributed by atoms with van der Waals surface area (Å²) in [5.74, 6) is 0. The van der Waals surface area contributed by atoms with Crippen LogP contribution in [0.3, 0.4) is 0 Å². The number of aromatic nitrogens is 2. The highest BCUT2D eigenvalue weighted by molar-refractivity contribution is 7.00. The number of rotatable bonds is 4. The lowest BCUT2D eigenvalue weighted by Crippen LogP contribution is -2.61. The van der Waals surface area contributed by atoms with E-state index in [1.165, 1.54) is 88.3 Å². The van der Waals surface area contributed by atoms with Crippen molar-refractivity contribution in [2.75, 3.05) is 9.80 Å². The fourth-order valence-electron chi connectivity index (χ4n) is 10.9. The van der Waals surface area contributed by atoms with Gasteiger partial charge in [0.1, 0.15) is 0 Å². The van der Waals surface area contributed by atoms with E-state index in [9.17, 15) is 0 Å². The van der Waals surface area contributed by atoms with Gasteiger partial charge in [-0.2, -0.15) is 0 Å². The minimum atomic E-state index is -0.148. The van der Waals surface area contributed by atoms with Gasteiger partial charge >= 0.3 is 0 Å². The van der Waals surface area contributed by atoms with Gasteiger partial charge in [0.05, 0.1) is 44.8 Å². The number of anilines is 6. The van der Waals surface area contributed by atoms with Crippen molar-refractivity contribution in [2.45, 2.75) is 26.2 Å². The van der Waals surface area contributed by atoms with Crippen LogP contribution >= 0.6 is 0 Å². The maximum Gasteiger partial charge on any atom is 0.252 e. The second-order valence-corrected chi connectivity index (χ2v) is 18.1. The third-order valence-corrected chi connectivity index (χ3v) is 13.6. The smallest absolute Gasteiger partial charge is 0.252 e. The summed E-state index contributed by atoms with van der Waals surface area (Å²) in [6.07, 6.45) is 0. The molecule has 4 heterocycles. The Balaban J connectivity index is 1.13. The highest BCUT2D eigenvalue weighted by Gasteiger charge is 2.44.